The van der Waals surface area contributed by atoms with Crippen LogP contribution in [-0.4, -0.2) is 49.1 Å². The number of rotatable bonds is 11. The van der Waals surface area contributed by atoms with Crippen molar-refractivity contribution in [2.24, 2.45) is 0 Å². The first-order valence-electron chi connectivity index (χ1n) is 13.2. The molecule has 1 heterocycles. The molecule has 1 aliphatic rings. The molecule has 1 saturated heterocycles. The Bertz CT molecular complexity index is 1360. The van der Waals surface area contributed by atoms with Gasteiger partial charge in [-0.1, -0.05) is 66.2 Å². The second-order valence-electron chi connectivity index (χ2n) is 9.61. The van der Waals surface area contributed by atoms with Crippen LogP contribution in [0.3, 0.4) is 0 Å². The van der Waals surface area contributed by atoms with Crippen molar-refractivity contribution in [1.82, 2.24) is 14.5 Å². The molecule has 0 unspecified atom stereocenters. The van der Waals surface area contributed by atoms with Crippen molar-refractivity contribution in [2.75, 3.05) is 19.6 Å². The molecule has 4 rings (SSSR count). The Kier molecular flexibility index (Phi) is 9.78. The first kappa shape index (κ1) is 28.8. The van der Waals surface area contributed by atoms with Gasteiger partial charge in [-0.05, 0) is 67.1 Å². The molecule has 39 heavy (non-hydrogen) atoms. The summed E-state index contributed by atoms with van der Waals surface area (Å²) in [6.07, 6.45) is 2.34. The van der Waals surface area contributed by atoms with Crippen LogP contribution in [0.2, 0.25) is 5.02 Å². The van der Waals surface area contributed by atoms with E-state index in [1.807, 2.05) is 49.4 Å². The van der Waals surface area contributed by atoms with Crippen molar-refractivity contribution in [1.29, 1.82) is 0 Å². The number of carbonyl (C=O) groups is 2. The molecule has 0 radical (unpaired) electrons. The van der Waals surface area contributed by atoms with Gasteiger partial charge in [-0.2, -0.15) is 4.31 Å². The maximum absolute atomic E-state index is 13.7. The molecule has 7 nitrogen and oxygen atoms in total. The van der Waals surface area contributed by atoms with E-state index in [4.69, 9.17) is 11.6 Å². The number of likely N-dealkylation sites (N-methyl/N-ethyl adjacent to an activating group) is 1. The minimum absolute atomic E-state index is 0.161. The van der Waals surface area contributed by atoms with Crippen LogP contribution in [0, 0.1) is 0 Å². The molecular weight excluding hydrogens is 534 g/mol. The number of nitrogens with zero attached hydrogens (tertiary/aromatic N) is 2. The van der Waals surface area contributed by atoms with Gasteiger partial charge in [0.05, 0.1) is 4.90 Å². The SMILES string of the molecule is CCNC(=O)[C@@H](c1ccccc1)N(Cc1ccc(Cl)cc1)C(=O)CCc1ccc(S(=O)(=O)N2CCCC2)cc1. The van der Waals surface area contributed by atoms with Gasteiger partial charge in [-0.15, -0.1) is 0 Å². The lowest BCUT2D eigenvalue weighted by Gasteiger charge is -2.31. The van der Waals surface area contributed by atoms with Crippen LogP contribution in [0.4, 0.5) is 0 Å². The van der Waals surface area contributed by atoms with E-state index < -0.39 is 16.1 Å². The van der Waals surface area contributed by atoms with Crippen molar-refractivity contribution < 1.29 is 18.0 Å². The molecule has 3 aromatic rings. The molecule has 0 aliphatic carbocycles. The van der Waals surface area contributed by atoms with Crippen molar-refractivity contribution in [2.45, 2.75) is 50.1 Å². The molecule has 0 spiro atoms. The molecule has 0 bridgehead atoms. The predicted octanol–water partition coefficient (Wildman–Crippen LogP) is 4.96. The zero-order chi connectivity index (χ0) is 27.8. The number of nitrogens with one attached hydrogen (secondary N) is 1. The molecule has 0 aromatic heterocycles. The van der Waals surface area contributed by atoms with Crippen molar-refractivity contribution in [3.05, 3.63) is 101 Å². The van der Waals surface area contributed by atoms with Crippen LogP contribution in [-0.2, 0) is 32.6 Å². The first-order chi connectivity index (χ1) is 18.8. The van der Waals surface area contributed by atoms with E-state index in [0.29, 0.717) is 31.1 Å². The Morgan fingerprint density at radius 1 is 0.923 bits per heavy atom. The highest BCUT2D eigenvalue weighted by atomic mass is 35.5. The zero-order valence-electron chi connectivity index (χ0n) is 22.1. The Balaban J connectivity index is 1.55. The van der Waals surface area contributed by atoms with E-state index >= 15 is 0 Å². The highest BCUT2D eigenvalue weighted by Gasteiger charge is 2.31. The number of halogens is 1. The Labute approximate surface area is 235 Å². The largest absolute Gasteiger partial charge is 0.354 e. The number of amides is 2. The van der Waals surface area contributed by atoms with Gasteiger partial charge in [0.15, 0.2) is 0 Å². The summed E-state index contributed by atoms with van der Waals surface area (Å²) < 4.78 is 27.2. The number of hydrogen-bond acceptors (Lipinski definition) is 4. The highest BCUT2D eigenvalue weighted by Crippen LogP contribution is 2.26. The van der Waals surface area contributed by atoms with Gasteiger partial charge < -0.3 is 10.2 Å². The fraction of sp³-hybridized carbons (Fsp3) is 0.333. The summed E-state index contributed by atoms with van der Waals surface area (Å²) in [6, 6.07) is 22.4. The maximum Gasteiger partial charge on any atom is 0.247 e. The summed E-state index contributed by atoms with van der Waals surface area (Å²) in [6.45, 7) is 3.63. The van der Waals surface area contributed by atoms with E-state index in [0.717, 1.165) is 29.5 Å². The zero-order valence-corrected chi connectivity index (χ0v) is 23.6. The number of benzene rings is 3. The van der Waals surface area contributed by atoms with Crippen LogP contribution < -0.4 is 5.32 Å². The summed E-state index contributed by atoms with van der Waals surface area (Å²) >= 11 is 6.07. The lowest BCUT2D eigenvalue weighted by Crippen LogP contribution is -2.43. The third kappa shape index (κ3) is 7.26. The predicted molar refractivity (Wildman–Crippen MR) is 153 cm³/mol. The Morgan fingerprint density at radius 2 is 1.54 bits per heavy atom. The van der Waals surface area contributed by atoms with E-state index in [1.165, 1.54) is 4.31 Å². The lowest BCUT2D eigenvalue weighted by molar-refractivity contribution is -0.141. The van der Waals surface area contributed by atoms with Crippen LogP contribution in [0.25, 0.3) is 0 Å². The standard InChI is InChI=1S/C30H34ClN3O4S/c1-2-32-30(36)29(25-8-4-3-5-9-25)34(22-24-10-15-26(31)16-11-24)28(35)19-14-23-12-17-27(18-13-23)39(37,38)33-20-6-7-21-33/h3-5,8-13,15-18,29H,2,6-7,14,19-22H2,1H3,(H,32,36)/t29-/m1/s1. The highest BCUT2D eigenvalue weighted by molar-refractivity contribution is 7.89. The number of carbonyl (C=O) groups excluding carboxylic acids is 2. The van der Waals surface area contributed by atoms with Gasteiger partial charge >= 0.3 is 0 Å². The number of aryl methyl sites for hydroxylation is 1. The van der Waals surface area contributed by atoms with E-state index in [2.05, 4.69) is 5.32 Å². The fourth-order valence-corrected chi connectivity index (χ4v) is 6.43. The van der Waals surface area contributed by atoms with E-state index in [-0.39, 0.29) is 29.7 Å². The summed E-state index contributed by atoms with van der Waals surface area (Å²) in [5.74, 6) is -0.429. The molecule has 3 aromatic carbocycles. The molecule has 1 atom stereocenters. The molecule has 1 aliphatic heterocycles. The van der Waals surface area contributed by atoms with E-state index in [9.17, 15) is 18.0 Å². The quantitative estimate of drug-likeness (QED) is 0.355. The third-order valence-corrected chi connectivity index (χ3v) is 9.03. The summed E-state index contributed by atoms with van der Waals surface area (Å²) in [5.41, 5.74) is 2.43. The fourth-order valence-electron chi connectivity index (χ4n) is 4.79. The van der Waals surface area contributed by atoms with Gasteiger partial charge in [0.25, 0.3) is 0 Å². The molecule has 0 saturated carbocycles. The van der Waals surface area contributed by atoms with Crippen molar-refractivity contribution in [3.8, 4) is 0 Å². The lowest BCUT2D eigenvalue weighted by atomic mass is 10.0. The molecule has 2 amide bonds. The van der Waals surface area contributed by atoms with Crippen LogP contribution in [0.1, 0.15) is 48.9 Å². The molecule has 206 valence electrons. The average molecular weight is 568 g/mol. The Morgan fingerprint density at radius 3 is 2.15 bits per heavy atom. The topological polar surface area (TPSA) is 86.8 Å². The van der Waals surface area contributed by atoms with Gasteiger partial charge in [-0.3, -0.25) is 9.59 Å². The first-order valence-corrected chi connectivity index (χ1v) is 15.1. The smallest absolute Gasteiger partial charge is 0.247 e. The number of hydrogen-bond donors (Lipinski definition) is 1. The van der Waals surface area contributed by atoms with Crippen molar-refractivity contribution >= 4 is 33.4 Å². The monoisotopic (exact) mass is 567 g/mol. The van der Waals surface area contributed by atoms with Crippen LogP contribution in [0.5, 0.6) is 0 Å². The van der Waals surface area contributed by atoms with Crippen LogP contribution >= 0.6 is 11.6 Å². The Hall–Kier alpha value is -3.20. The molecule has 9 heteroatoms. The second kappa shape index (κ2) is 13.2. The van der Waals surface area contributed by atoms with Gasteiger partial charge in [0, 0.05) is 37.6 Å². The number of sulfonamides is 1. The summed E-state index contributed by atoms with van der Waals surface area (Å²) in [4.78, 5) is 28.9. The summed E-state index contributed by atoms with van der Waals surface area (Å²) in [7, 11) is -3.49. The second-order valence-corrected chi connectivity index (χ2v) is 12.0. The van der Waals surface area contributed by atoms with Gasteiger partial charge in [0.2, 0.25) is 21.8 Å². The normalized spacial score (nSPS) is 14.6. The third-order valence-electron chi connectivity index (χ3n) is 6.87. The average Bonchev–Trinajstić information content (AvgIpc) is 3.50. The minimum Gasteiger partial charge on any atom is -0.354 e. The van der Waals surface area contributed by atoms with Crippen molar-refractivity contribution in [3.63, 3.8) is 0 Å². The van der Waals surface area contributed by atoms with E-state index in [1.54, 1.807) is 41.3 Å². The molecular formula is C30H34ClN3O4S. The summed E-state index contributed by atoms with van der Waals surface area (Å²) in [5, 5.41) is 3.47. The minimum atomic E-state index is -3.49. The van der Waals surface area contributed by atoms with Crippen LogP contribution in [0.15, 0.2) is 83.8 Å². The maximum atomic E-state index is 13.7. The van der Waals surface area contributed by atoms with Gasteiger partial charge in [0.1, 0.15) is 6.04 Å². The molecule has 1 N–H and O–H groups in total. The molecule has 1 fully saturated rings. The van der Waals surface area contributed by atoms with Gasteiger partial charge in [-0.25, -0.2) is 8.42 Å².